The molecule has 4 aliphatic rings. The molecule has 0 radical (unpaired) electrons. The molecule has 22 heteroatoms. The number of carboxylic acids is 1. The first kappa shape index (κ1) is 60.2. The van der Waals surface area contributed by atoms with Crippen LogP contribution in [0.15, 0.2) is 61.1 Å². The second kappa shape index (κ2) is 29.8. The van der Waals surface area contributed by atoms with Gasteiger partial charge >= 0.3 is 5.97 Å². The predicted molar refractivity (Wildman–Crippen MR) is 306 cm³/mol. The fourth-order valence-corrected chi connectivity index (χ4v) is 11.9. The lowest BCUT2D eigenvalue weighted by Gasteiger charge is -2.35. The Morgan fingerprint density at radius 1 is 0.802 bits per heavy atom. The van der Waals surface area contributed by atoms with Crippen molar-refractivity contribution in [2.75, 3.05) is 120 Å². The van der Waals surface area contributed by atoms with Crippen molar-refractivity contribution in [3.8, 4) is 44.7 Å². The number of rotatable bonds is 24. The van der Waals surface area contributed by atoms with Crippen LogP contribution in [0.2, 0.25) is 10.0 Å². The second-order valence-electron chi connectivity index (χ2n) is 20.3. The van der Waals surface area contributed by atoms with Crippen LogP contribution < -0.4 is 18.9 Å². The Morgan fingerprint density at radius 3 is 2.14 bits per heavy atom. The molecule has 2 fully saturated rings. The minimum Gasteiger partial charge on any atom is -0.490 e. The average molecular weight is 1180 g/mol. The Labute approximate surface area is 486 Å². The predicted octanol–water partition coefficient (Wildman–Crippen LogP) is 9.67. The third kappa shape index (κ3) is 16.1. The lowest BCUT2D eigenvalue weighted by atomic mass is 9.87. The minimum atomic E-state index is -1.47. The molecule has 4 bridgehead atoms. The van der Waals surface area contributed by atoms with Crippen LogP contribution in [0.3, 0.4) is 0 Å². The SMILES string of the molecule is COCCOCCOCCOCCOCCO[C@H]1CC[C@@H](c2nccc(COc3ccc4cc3C[C@H](C(=O)O)Oc3ncnc5sc(-c6ccc(F)cc6)c(c35)-c3c(C)c(Cl)c(c(Cl)c3C)O[C@H](CN3CCN(C)CC3)CO4)n2)CC1. The maximum atomic E-state index is 14.5. The largest absolute Gasteiger partial charge is 0.490 e. The molecule has 18 nitrogen and oxygen atoms in total. The topological polar surface area (TPSA) is 188 Å². The Bertz CT molecular complexity index is 2990. The molecule has 436 valence electrons. The summed E-state index contributed by atoms with van der Waals surface area (Å²) in [5.74, 6) is 0.485. The number of aromatic nitrogens is 4. The van der Waals surface area contributed by atoms with E-state index in [0.717, 1.165) is 57.7 Å². The molecule has 1 aliphatic carbocycles. The zero-order chi connectivity index (χ0) is 56.7. The van der Waals surface area contributed by atoms with E-state index in [2.05, 4.69) is 31.8 Å². The maximum Gasteiger partial charge on any atom is 0.345 e. The number of carbonyl (C=O) groups is 1. The van der Waals surface area contributed by atoms with Gasteiger partial charge in [0.1, 0.15) is 53.6 Å². The van der Waals surface area contributed by atoms with Crippen LogP contribution in [0, 0.1) is 19.7 Å². The van der Waals surface area contributed by atoms with E-state index in [1.165, 1.54) is 29.8 Å². The van der Waals surface area contributed by atoms with Gasteiger partial charge in [-0.3, -0.25) is 4.90 Å². The first-order chi connectivity index (χ1) is 39.4. The summed E-state index contributed by atoms with van der Waals surface area (Å²) in [5.41, 5.74) is 4.44. The minimum absolute atomic E-state index is 0.0278. The highest BCUT2D eigenvalue weighted by Gasteiger charge is 2.33. The molecule has 1 saturated carbocycles. The molecule has 3 aromatic heterocycles. The van der Waals surface area contributed by atoms with Crippen molar-refractivity contribution in [1.29, 1.82) is 0 Å². The van der Waals surface area contributed by atoms with E-state index >= 15 is 0 Å². The summed E-state index contributed by atoms with van der Waals surface area (Å²) in [6.07, 6.45) is 4.55. The fraction of sp³-hybridized carbons (Fsp3) is 0.508. The first-order valence-corrected chi connectivity index (χ1v) is 29.1. The molecule has 3 aliphatic heterocycles. The van der Waals surface area contributed by atoms with Crippen LogP contribution in [-0.2, 0) is 46.2 Å². The summed E-state index contributed by atoms with van der Waals surface area (Å²) in [6.45, 7) is 13.0. The number of piperazine rings is 1. The van der Waals surface area contributed by atoms with Gasteiger partial charge in [0.25, 0.3) is 0 Å². The molecule has 0 amide bonds. The van der Waals surface area contributed by atoms with E-state index in [0.29, 0.717) is 154 Å². The lowest BCUT2D eigenvalue weighted by Crippen LogP contribution is -2.49. The van der Waals surface area contributed by atoms with Crippen molar-refractivity contribution in [1.82, 2.24) is 29.7 Å². The number of thiophene rings is 1. The van der Waals surface area contributed by atoms with E-state index < -0.39 is 24.0 Å². The van der Waals surface area contributed by atoms with Crippen molar-refractivity contribution in [3.63, 3.8) is 0 Å². The van der Waals surface area contributed by atoms with Crippen LogP contribution in [0.4, 0.5) is 4.39 Å². The second-order valence-corrected chi connectivity index (χ2v) is 22.1. The van der Waals surface area contributed by atoms with E-state index in [1.54, 1.807) is 43.6 Å². The fourth-order valence-electron chi connectivity index (χ4n) is 10.2. The monoisotopic (exact) mass is 1180 g/mol. The van der Waals surface area contributed by atoms with Gasteiger partial charge in [0, 0.05) is 74.4 Å². The zero-order valence-electron chi connectivity index (χ0n) is 46.3. The highest BCUT2D eigenvalue weighted by atomic mass is 35.5. The van der Waals surface area contributed by atoms with Gasteiger partial charge in [0.05, 0.1) is 93.3 Å². The zero-order valence-corrected chi connectivity index (χ0v) is 48.6. The molecule has 6 aromatic rings. The molecule has 1 N–H and O–H groups in total. The summed E-state index contributed by atoms with van der Waals surface area (Å²) in [6, 6.07) is 13.3. The van der Waals surface area contributed by atoms with E-state index in [9.17, 15) is 14.3 Å². The van der Waals surface area contributed by atoms with Crippen molar-refractivity contribution >= 4 is 50.7 Å². The number of carboxylic acid groups (broad SMARTS) is 1. The van der Waals surface area contributed by atoms with E-state index in [-0.39, 0.29) is 37.5 Å². The third-order valence-corrected chi connectivity index (χ3v) is 16.7. The molecule has 6 heterocycles. The number of methoxy groups -OCH3 is 1. The van der Waals surface area contributed by atoms with Gasteiger partial charge in [0.15, 0.2) is 5.75 Å². The highest BCUT2D eigenvalue weighted by molar-refractivity contribution is 7.22. The first-order valence-electron chi connectivity index (χ1n) is 27.5. The van der Waals surface area contributed by atoms with Crippen LogP contribution >= 0.6 is 34.5 Å². The normalized spacial score (nSPS) is 19.0. The van der Waals surface area contributed by atoms with Gasteiger partial charge in [-0.1, -0.05) is 35.3 Å². The number of nitrogens with zero attached hydrogens (tertiary/aromatic N) is 6. The van der Waals surface area contributed by atoms with Crippen LogP contribution in [0.1, 0.15) is 59.8 Å². The van der Waals surface area contributed by atoms with Crippen LogP contribution in [0.5, 0.6) is 23.1 Å². The number of aliphatic carboxylic acids is 1. The van der Waals surface area contributed by atoms with Gasteiger partial charge in [-0.15, -0.1) is 11.3 Å². The van der Waals surface area contributed by atoms with E-state index in [4.69, 9.17) is 75.6 Å². The molecule has 2 atom stereocenters. The van der Waals surface area contributed by atoms with Crippen molar-refractivity contribution < 1.29 is 61.7 Å². The Morgan fingerprint density at radius 2 is 1.47 bits per heavy atom. The standard InChI is InChI=1S/C59H71Cl2FN6O12S/c1-37-49-38(2)53(61)54(52(37)60)79-46(33-68-19-17-67(3)18-20-68)35-77-45-13-14-47(41(31-45)32-48(59(69)70)80-57-51-50(49)55(81-58(51)65-36-64-57)39-5-9-42(62)10-6-39)78-34-43-15-16-63-56(66-43)40-7-11-44(12-8-40)76-30-29-75-28-27-74-26-25-73-24-23-72-22-21-71-4/h5-6,9-10,13-16,31,36,40,44,46,48H,7-8,11-12,17-30,32-35H2,1-4H3,(H,69,70)/t40-,44+,46-,48-/m1/s1. The molecular weight excluding hydrogens is 1110 g/mol. The van der Waals surface area contributed by atoms with Crippen molar-refractivity contribution in [2.45, 2.75) is 76.8 Å². The Hall–Kier alpha value is -5.36. The van der Waals surface area contributed by atoms with Gasteiger partial charge in [0.2, 0.25) is 12.0 Å². The molecule has 10 rings (SSSR count). The summed E-state index contributed by atoms with van der Waals surface area (Å²) < 4.78 is 74.3. The number of hydrogen-bond donors (Lipinski definition) is 1. The number of halogens is 3. The van der Waals surface area contributed by atoms with E-state index in [1.807, 2.05) is 19.9 Å². The third-order valence-electron chi connectivity index (χ3n) is 14.6. The van der Waals surface area contributed by atoms with Crippen molar-refractivity contribution in [3.05, 3.63) is 105 Å². The van der Waals surface area contributed by atoms with Gasteiger partial charge in [-0.2, -0.15) is 0 Å². The summed E-state index contributed by atoms with van der Waals surface area (Å²) in [4.78, 5) is 38.2. The number of ether oxygens (including phenoxy) is 10. The summed E-state index contributed by atoms with van der Waals surface area (Å²) in [5, 5.41) is 12.0. The Balaban J connectivity index is 0.903. The highest BCUT2D eigenvalue weighted by Crippen LogP contribution is 2.53. The molecular formula is C59H71Cl2FN6O12S. The molecule has 0 spiro atoms. The molecule has 1 saturated heterocycles. The Kier molecular flexibility index (Phi) is 22.1. The van der Waals surface area contributed by atoms with Crippen LogP contribution in [-0.4, -0.2) is 179 Å². The number of fused-ring (bicyclic) bond motifs is 7. The number of hydrogen-bond acceptors (Lipinski definition) is 18. The molecule has 81 heavy (non-hydrogen) atoms. The average Bonchev–Trinajstić information content (AvgIpc) is 4.13. The summed E-state index contributed by atoms with van der Waals surface area (Å²) >= 11 is 16.1. The number of likely N-dealkylation sites (N-methyl/N-ethyl adjacent to an activating group) is 1. The number of benzene rings is 3. The quantitative estimate of drug-likeness (QED) is 0.0564. The van der Waals surface area contributed by atoms with Gasteiger partial charge in [-0.05, 0) is 105 Å². The van der Waals surface area contributed by atoms with Gasteiger partial charge < -0.3 is 57.4 Å². The van der Waals surface area contributed by atoms with Crippen LogP contribution in [0.25, 0.3) is 31.8 Å². The van der Waals surface area contributed by atoms with Gasteiger partial charge in [-0.25, -0.2) is 29.1 Å². The molecule has 0 unspecified atom stereocenters. The molecule has 3 aromatic carbocycles. The summed E-state index contributed by atoms with van der Waals surface area (Å²) in [7, 11) is 3.75. The maximum absolute atomic E-state index is 14.5. The van der Waals surface area contributed by atoms with Crippen molar-refractivity contribution in [2.24, 2.45) is 0 Å². The smallest absolute Gasteiger partial charge is 0.345 e. The lowest BCUT2D eigenvalue weighted by molar-refractivity contribution is -0.145.